The Hall–Kier alpha value is -3.16. The first-order chi connectivity index (χ1) is 12.9. The van der Waals surface area contributed by atoms with Crippen molar-refractivity contribution in [1.82, 2.24) is 15.5 Å². The van der Waals surface area contributed by atoms with Crippen LogP contribution in [0.2, 0.25) is 0 Å². The molecule has 0 spiro atoms. The Balaban J connectivity index is 1.71. The van der Waals surface area contributed by atoms with Gasteiger partial charge in [0.25, 0.3) is 11.8 Å². The van der Waals surface area contributed by atoms with Gasteiger partial charge in [0, 0.05) is 29.9 Å². The van der Waals surface area contributed by atoms with E-state index >= 15 is 0 Å². The van der Waals surface area contributed by atoms with Crippen LogP contribution in [-0.2, 0) is 14.3 Å². The van der Waals surface area contributed by atoms with Gasteiger partial charge in [-0.15, -0.1) is 0 Å². The number of esters is 1. The monoisotopic (exact) mass is 373 g/mol. The summed E-state index contributed by atoms with van der Waals surface area (Å²) in [4.78, 5) is 48.5. The number of fused-ring (bicyclic) bond motifs is 1. The summed E-state index contributed by atoms with van der Waals surface area (Å²) in [6, 6.07) is 6.45. The average molecular weight is 373 g/mol. The molecule has 0 saturated heterocycles. The third-order valence-corrected chi connectivity index (χ3v) is 4.01. The number of ether oxygens (including phenoxy) is 1. The molecular weight excluding hydrogens is 350 g/mol. The van der Waals surface area contributed by atoms with Crippen LogP contribution in [-0.4, -0.2) is 48.4 Å². The van der Waals surface area contributed by atoms with Crippen LogP contribution >= 0.6 is 0 Å². The lowest BCUT2D eigenvalue weighted by Gasteiger charge is -2.16. The fourth-order valence-electron chi connectivity index (χ4n) is 2.58. The Morgan fingerprint density at radius 3 is 2.56 bits per heavy atom. The van der Waals surface area contributed by atoms with Crippen LogP contribution in [0.4, 0.5) is 4.79 Å². The maximum atomic E-state index is 12.3. The zero-order valence-electron chi connectivity index (χ0n) is 15.2. The highest BCUT2D eigenvalue weighted by atomic mass is 16.5. The van der Waals surface area contributed by atoms with E-state index in [4.69, 9.17) is 4.74 Å². The molecule has 27 heavy (non-hydrogen) atoms. The van der Waals surface area contributed by atoms with Crippen LogP contribution in [0, 0.1) is 0 Å². The van der Waals surface area contributed by atoms with Gasteiger partial charge in [-0.2, -0.15) is 0 Å². The van der Waals surface area contributed by atoms with Crippen molar-refractivity contribution in [2.24, 2.45) is 0 Å². The molecule has 0 aliphatic carbocycles. The summed E-state index contributed by atoms with van der Waals surface area (Å²) in [6.45, 7) is 5.87. The molecule has 0 aromatic heterocycles. The highest BCUT2D eigenvalue weighted by Crippen LogP contribution is 2.30. The highest BCUT2D eigenvalue weighted by Gasteiger charge is 2.30. The summed E-state index contributed by atoms with van der Waals surface area (Å²) in [5, 5.41) is 4.59. The van der Waals surface area contributed by atoms with Crippen molar-refractivity contribution >= 4 is 29.5 Å². The maximum Gasteiger partial charge on any atom is 0.321 e. The molecular formula is C19H23N3O5. The summed E-state index contributed by atoms with van der Waals surface area (Å²) in [6.07, 6.45) is 1.64. The van der Waals surface area contributed by atoms with Crippen LogP contribution in [0.15, 0.2) is 30.8 Å². The molecule has 1 aliphatic heterocycles. The summed E-state index contributed by atoms with van der Waals surface area (Å²) in [7, 11) is 0. The number of nitrogens with one attached hydrogen (secondary N) is 2. The van der Waals surface area contributed by atoms with E-state index in [1.165, 1.54) is 4.90 Å². The number of carbonyl (C=O) groups excluding carboxylic acids is 4. The molecule has 0 unspecified atom stereocenters. The molecule has 1 aromatic carbocycles. The molecule has 2 N–H and O–H groups in total. The molecule has 0 radical (unpaired) electrons. The second kappa shape index (κ2) is 9.51. The largest absolute Gasteiger partial charge is 0.456 e. The molecule has 144 valence electrons. The van der Waals surface area contributed by atoms with Crippen LogP contribution in [0.3, 0.4) is 0 Å². The number of hydrogen-bond acceptors (Lipinski definition) is 5. The van der Waals surface area contributed by atoms with Gasteiger partial charge in [-0.25, -0.2) is 4.79 Å². The topological polar surface area (TPSA) is 105 Å². The van der Waals surface area contributed by atoms with E-state index in [1.54, 1.807) is 18.2 Å². The molecule has 0 fully saturated rings. The summed E-state index contributed by atoms with van der Waals surface area (Å²) in [5.41, 5.74) is 1.82. The first kappa shape index (κ1) is 20.2. The average Bonchev–Trinajstić information content (AvgIpc) is 2.89. The maximum absolute atomic E-state index is 12.3. The predicted molar refractivity (Wildman–Crippen MR) is 98.5 cm³/mol. The Bertz CT molecular complexity index is 724. The number of benzene rings is 1. The molecule has 0 atom stereocenters. The van der Waals surface area contributed by atoms with E-state index < -0.39 is 24.5 Å². The normalized spacial score (nSPS) is 12.6. The number of carbonyl (C=O) groups is 4. The molecule has 0 bridgehead atoms. The Labute approximate surface area is 157 Å². The van der Waals surface area contributed by atoms with Crippen molar-refractivity contribution in [1.29, 1.82) is 0 Å². The SMILES string of the molecule is C=C1c2ccccc2C(=O)N1CCC(=O)OCC(=O)NC(=O)NCCCC. The molecule has 1 aliphatic rings. The minimum atomic E-state index is -0.716. The first-order valence-corrected chi connectivity index (χ1v) is 8.77. The summed E-state index contributed by atoms with van der Waals surface area (Å²) < 4.78 is 4.84. The van der Waals surface area contributed by atoms with Crippen LogP contribution in [0.5, 0.6) is 0 Å². The van der Waals surface area contributed by atoms with E-state index in [1.807, 2.05) is 13.0 Å². The zero-order valence-corrected chi connectivity index (χ0v) is 15.2. The quantitative estimate of drug-likeness (QED) is 0.533. The lowest BCUT2D eigenvalue weighted by Crippen LogP contribution is -2.41. The number of urea groups is 1. The molecule has 4 amide bonds. The van der Waals surface area contributed by atoms with Crippen molar-refractivity contribution in [3.05, 3.63) is 42.0 Å². The first-order valence-electron chi connectivity index (χ1n) is 8.77. The fourth-order valence-corrected chi connectivity index (χ4v) is 2.58. The molecule has 1 heterocycles. The van der Waals surface area contributed by atoms with Gasteiger partial charge < -0.3 is 15.0 Å². The van der Waals surface area contributed by atoms with E-state index in [9.17, 15) is 19.2 Å². The van der Waals surface area contributed by atoms with Gasteiger partial charge in [-0.1, -0.05) is 38.1 Å². The van der Waals surface area contributed by atoms with Crippen molar-refractivity contribution in [3.8, 4) is 0 Å². The smallest absolute Gasteiger partial charge is 0.321 e. The van der Waals surface area contributed by atoms with E-state index in [2.05, 4.69) is 17.2 Å². The van der Waals surface area contributed by atoms with Crippen molar-refractivity contribution in [3.63, 3.8) is 0 Å². The third-order valence-electron chi connectivity index (χ3n) is 4.01. The Morgan fingerprint density at radius 2 is 1.89 bits per heavy atom. The molecule has 2 rings (SSSR count). The zero-order chi connectivity index (χ0) is 19.8. The number of imide groups is 1. The predicted octanol–water partition coefficient (Wildman–Crippen LogP) is 1.67. The van der Waals surface area contributed by atoms with Crippen LogP contribution in [0.25, 0.3) is 5.70 Å². The van der Waals surface area contributed by atoms with Crippen molar-refractivity contribution in [2.75, 3.05) is 19.7 Å². The van der Waals surface area contributed by atoms with E-state index in [0.717, 1.165) is 18.4 Å². The van der Waals surface area contributed by atoms with Gasteiger partial charge in [-0.05, 0) is 12.5 Å². The Kier molecular flexibility index (Phi) is 7.10. The number of amides is 4. The van der Waals surface area contributed by atoms with E-state index in [0.29, 0.717) is 17.8 Å². The van der Waals surface area contributed by atoms with Gasteiger partial charge in [-0.3, -0.25) is 19.7 Å². The van der Waals surface area contributed by atoms with Crippen LogP contribution in [0.1, 0.15) is 42.1 Å². The lowest BCUT2D eigenvalue weighted by molar-refractivity contribution is -0.148. The van der Waals surface area contributed by atoms with Gasteiger partial charge in [0.1, 0.15) is 0 Å². The van der Waals surface area contributed by atoms with Crippen LogP contribution < -0.4 is 10.6 Å². The second-order valence-corrected chi connectivity index (χ2v) is 6.02. The van der Waals surface area contributed by atoms with Gasteiger partial charge in [0.2, 0.25) is 0 Å². The minimum absolute atomic E-state index is 0.0886. The van der Waals surface area contributed by atoms with Crippen molar-refractivity contribution < 1.29 is 23.9 Å². The van der Waals surface area contributed by atoms with Crippen molar-refractivity contribution in [2.45, 2.75) is 26.2 Å². The lowest BCUT2D eigenvalue weighted by atomic mass is 10.1. The van der Waals surface area contributed by atoms with E-state index in [-0.39, 0.29) is 18.9 Å². The standard InChI is InChI=1S/C19H23N3O5/c1-3-4-10-20-19(26)21-16(23)12-27-17(24)9-11-22-13(2)14-7-5-6-8-15(14)18(22)25/h5-8H,2-4,9-12H2,1H3,(H2,20,21,23,26). The molecule has 8 heteroatoms. The molecule has 8 nitrogen and oxygen atoms in total. The number of unbranched alkanes of at least 4 members (excludes halogenated alkanes) is 1. The number of rotatable bonds is 8. The minimum Gasteiger partial charge on any atom is -0.456 e. The fraction of sp³-hybridized carbons (Fsp3) is 0.368. The number of nitrogens with zero attached hydrogens (tertiary/aromatic N) is 1. The molecule has 0 saturated carbocycles. The number of hydrogen-bond donors (Lipinski definition) is 2. The third kappa shape index (κ3) is 5.40. The van der Waals surface area contributed by atoms with Gasteiger partial charge >= 0.3 is 12.0 Å². The van der Waals surface area contributed by atoms with Gasteiger partial charge in [0.15, 0.2) is 6.61 Å². The summed E-state index contributed by atoms with van der Waals surface area (Å²) >= 11 is 0. The highest BCUT2D eigenvalue weighted by molar-refractivity contribution is 6.08. The summed E-state index contributed by atoms with van der Waals surface area (Å²) in [5.74, 6) is -1.58. The Morgan fingerprint density at radius 1 is 1.19 bits per heavy atom. The van der Waals surface area contributed by atoms with Gasteiger partial charge in [0.05, 0.1) is 6.42 Å². The second-order valence-electron chi connectivity index (χ2n) is 6.02. The molecule has 1 aromatic rings.